The number of hydrogen-bond acceptors (Lipinski definition) is 4. The normalized spacial score (nSPS) is 13.1. The molecule has 2 rings (SSSR count). The molecular formula is C25H34IN3O4S. The second-order valence-corrected chi connectivity index (χ2v) is 11.6. The number of hydrogen-bond donors (Lipinski definition) is 1. The Morgan fingerprint density at radius 1 is 1.00 bits per heavy atom. The van der Waals surface area contributed by atoms with Gasteiger partial charge >= 0.3 is 0 Å². The molecule has 186 valence electrons. The molecule has 34 heavy (non-hydrogen) atoms. The van der Waals surface area contributed by atoms with Gasteiger partial charge in [0.1, 0.15) is 12.6 Å². The van der Waals surface area contributed by atoms with E-state index in [4.69, 9.17) is 0 Å². The Morgan fingerprint density at radius 2 is 1.59 bits per heavy atom. The van der Waals surface area contributed by atoms with Gasteiger partial charge in [0.15, 0.2) is 0 Å². The summed E-state index contributed by atoms with van der Waals surface area (Å²) < 4.78 is 27.2. The summed E-state index contributed by atoms with van der Waals surface area (Å²) in [7, 11) is -3.73. The van der Waals surface area contributed by atoms with Gasteiger partial charge in [0.25, 0.3) is 0 Å². The first-order valence-corrected chi connectivity index (χ1v) is 14.3. The summed E-state index contributed by atoms with van der Waals surface area (Å²) in [6.45, 7) is 7.54. The lowest BCUT2D eigenvalue weighted by molar-refractivity contribution is -0.140. The number of nitrogens with zero attached hydrogens (tertiary/aromatic N) is 2. The lowest BCUT2D eigenvalue weighted by Gasteiger charge is -2.33. The maximum Gasteiger partial charge on any atom is 0.244 e. The molecule has 9 heteroatoms. The van der Waals surface area contributed by atoms with Crippen molar-refractivity contribution in [1.82, 2.24) is 10.2 Å². The number of nitrogens with one attached hydrogen (secondary N) is 1. The molecule has 0 radical (unpaired) electrons. The lowest BCUT2D eigenvalue weighted by atomic mass is 10.1. The third kappa shape index (κ3) is 7.97. The fraction of sp³-hybridized carbons (Fsp3) is 0.440. The Hall–Kier alpha value is -2.14. The molecule has 7 nitrogen and oxygen atoms in total. The van der Waals surface area contributed by atoms with Crippen molar-refractivity contribution in [2.75, 3.05) is 17.1 Å². The molecule has 2 atom stereocenters. The van der Waals surface area contributed by atoms with Gasteiger partial charge in [0.2, 0.25) is 21.8 Å². The van der Waals surface area contributed by atoms with Crippen LogP contribution < -0.4 is 9.62 Å². The number of aryl methyl sites for hydroxylation is 1. The molecule has 0 saturated heterocycles. The van der Waals surface area contributed by atoms with Crippen LogP contribution in [0.5, 0.6) is 0 Å². The molecule has 0 bridgehead atoms. The van der Waals surface area contributed by atoms with Gasteiger partial charge in [0.05, 0.1) is 11.9 Å². The molecule has 2 aromatic carbocycles. The van der Waals surface area contributed by atoms with Gasteiger partial charge in [-0.1, -0.05) is 43.7 Å². The summed E-state index contributed by atoms with van der Waals surface area (Å²) in [5.41, 5.74) is 2.36. The summed E-state index contributed by atoms with van der Waals surface area (Å²) in [5, 5.41) is 2.97. The van der Waals surface area contributed by atoms with Gasteiger partial charge in [0, 0.05) is 16.2 Å². The van der Waals surface area contributed by atoms with Crippen molar-refractivity contribution in [3.05, 3.63) is 63.2 Å². The maximum atomic E-state index is 13.6. The molecule has 0 fully saturated rings. The van der Waals surface area contributed by atoms with E-state index in [-0.39, 0.29) is 18.5 Å². The predicted octanol–water partition coefficient (Wildman–Crippen LogP) is 4.09. The van der Waals surface area contributed by atoms with E-state index in [1.54, 1.807) is 24.3 Å². The number of anilines is 1. The van der Waals surface area contributed by atoms with Crippen molar-refractivity contribution in [3.63, 3.8) is 0 Å². The van der Waals surface area contributed by atoms with E-state index in [0.29, 0.717) is 12.1 Å². The van der Waals surface area contributed by atoms with Crippen LogP contribution in [-0.2, 0) is 26.2 Å². The number of carbonyl (C=O) groups is 2. The number of sulfonamides is 1. The fourth-order valence-electron chi connectivity index (χ4n) is 3.47. The van der Waals surface area contributed by atoms with Crippen LogP contribution >= 0.6 is 22.6 Å². The van der Waals surface area contributed by atoms with Crippen LogP contribution in [0.4, 0.5) is 5.69 Å². The standard InChI is InChI=1S/C25H34IN3O4S/c1-6-19(4)27-25(31)23(7-2)28(16-20-10-8-18(3)9-11-20)24(30)17-29(34(5,32)33)22-14-12-21(26)13-15-22/h8-15,19,23H,6-7,16-17H2,1-5H3,(H,27,31)/t19-,23-/m0/s1. The quantitative estimate of drug-likeness (QED) is 0.395. The summed E-state index contributed by atoms with van der Waals surface area (Å²) >= 11 is 2.14. The van der Waals surface area contributed by atoms with Gasteiger partial charge < -0.3 is 10.2 Å². The average Bonchev–Trinajstić information content (AvgIpc) is 2.78. The van der Waals surface area contributed by atoms with E-state index >= 15 is 0 Å². The summed E-state index contributed by atoms with van der Waals surface area (Å²) in [5.74, 6) is -0.673. The fourth-order valence-corrected chi connectivity index (χ4v) is 4.68. The zero-order chi connectivity index (χ0) is 25.5. The van der Waals surface area contributed by atoms with Crippen molar-refractivity contribution >= 4 is 50.1 Å². The predicted molar refractivity (Wildman–Crippen MR) is 145 cm³/mol. The van der Waals surface area contributed by atoms with Gasteiger partial charge in [-0.2, -0.15) is 0 Å². The Kier molecular flexibility index (Phi) is 10.4. The Morgan fingerprint density at radius 3 is 2.09 bits per heavy atom. The van der Waals surface area contributed by atoms with Gasteiger partial charge in [-0.25, -0.2) is 8.42 Å². The molecule has 0 aliphatic heterocycles. The van der Waals surface area contributed by atoms with Gasteiger partial charge in [-0.3, -0.25) is 13.9 Å². The van der Waals surface area contributed by atoms with E-state index in [9.17, 15) is 18.0 Å². The number of carbonyl (C=O) groups excluding carboxylic acids is 2. The molecule has 0 heterocycles. The van der Waals surface area contributed by atoms with E-state index in [1.165, 1.54) is 4.90 Å². The van der Waals surface area contributed by atoms with Crippen molar-refractivity contribution < 1.29 is 18.0 Å². The summed E-state index contributed by atoms with van der Waals surface area (Å²) in [4.78, 5) is 28.2. The van der Waals surface area contributed by atoms with Crippen LogP contribution in [0.2, 0.25) is 0 Å². The topological polar surface area (TPSA) is 86.8 Å². The van der Waals surface area contributed by atoms with E-state index in [0.717, 1.165) is 31.7 Å². The SMILES string of the molecule is CC[C@H](C)NC(=O)[C@H](CC)N(Cc1ccc(C)cc1)C(=O)CN(c1ccc(I)cc1)S(C)(=O)=O. The third-order valence-electron chi connectivity index (χ3n) is 5.65. The summed E-state index contributed by atoms with van der Waals surface area (Å²) in [6.07, 6.45) is 2.25. The van der Waals surface area contributed by atoms with E-state index < -0.39 is 28.5 Å². The number of rotatable bonds is 11. The Bertz CT molecular complexity index is 1070. The first-order chi connectivity index (χ1) is 16.0. The zero-order valence-corrected chi connectivity index (χ0v) is 23.4. The van der Waals surface area contributed by atoms with E-state index in [2.05, 4.69) is 27.9 Å². The Balaban J connectivity index is 2.41. The van der Waals surface area contributed by atoms with E-state index in [1.807, 2.05) is 52.0 Å². The van der Waals surface area contributed by atoms with Crippen molar-refractivity contribution in [1.29, 1.82) is 0 Å². The second-order valence-electron chi connectivity index (χ2n) is 8.50. The molecule has 0 aliphatic carbocycles. The van der Waals surface area contributed by atoms with Crippen LogP contribution in [0.15, 0.2) is 48.5 Å². The molecule has 0 aromatic heterocycles. The second kappa shape index (κ2) is 12.5. The minimum Gasteiger partial charge on any atom is -0.352 e. The van der Waals surface area contributed by atoms with Crippen LogP contribution in [0.25, 0.3) is 0 Å². The highest BCUT2D eigenvalue weighted by atomic mass is 127. The van der Waals surface area contributed by atoms with Crippen LogP contribution in [0.1, 0.15) is 44.7 Å². The molecule has 2 aromatic rings. The van der Waals surface area contributed by atoms with Gasteiger partial charge in [-0.15, -0.1) is 0 Å². The molecule has 0 aliphatic rings. The van der Waals surface area contributed by atoms with Crippen LogP contribution in [0, 0.1) is 10.5 Å². The van der Waals surface area contributed by atoms with Crippen LogP contribution in [-0.4, -0.2) is 50.0 Å². The lowest BCUT2D eigenvalue weighted by Crippen LogP contribution is -2.53. The average molecular weight is 600 g/mol. The number of benzene rings is 2. The monoisotopic (exact) mass is 599 g/mol. The van der Waals surface area contributed by atoms with Crippen molar-refractivity contribution in [2.24, 2.45) is 0 Å². The highest BCUT2D eigenvalue weighted by Crippen LogP contribution is 2.21. The Labute approximate surface area is 217 Å². The maximum absolute atomic E-state index is 13.6. The molecule has 2 amide bonds. The molecule has 1 N–H and O–H groups in total. The molecule has 0 spiro atoms. The molecule has 0 unspecified atom stereocenters. The zero-order valence-electron chi connectivity index (χ0n) is 20.4. The molecule has 0 saturated carbocycles. The van der Waals surface area contributed by atoms with Gasteiger partial charge in [-0.05, 0) is 79.1 Å². The highest BCUT2D eigenvalue weighted by molar-refractivity contribution is 14.1. The minimum absolute atomic E-state index is 0.0304. The molecular weight excluding hydrogens is 565 g/mol. The minimum atomic E-state index is -3.73. The van der Waals surface area contributed by atoms with Crippen LogP contribution in [0.3, 0.4) is 0 Å². The largest absolute Gasteiger partial charge is 0.352 e. The third-order valence-corrected chi connectivity index (χ3v) is 7.51. The van der Waals surface area contributed by atoms with Crippen molar-refractivity contribution in [3.8, 4) is 0 Å². The number of amides is 2. The first kappa shape index (κ1) is 28.1. The highest BCUT2D eigenvalue weighted by Gasteiger charge is 2.32. The first-order valence-electron chi connectivity index (χ1n) is 11.3. The van der Waals surface area contributed by atoms with Crippen molar-refractivity contribution in [2.45, 2.75) is 59.2 Å². The summed E-state index contributed by atoms with van der Waals surface area (Å²) in [6, 6.07) is 13.9. The smallest absolute Gasteiger partial charge is 0.244 e. The number of halogens is 1.